The summed E-state index contributed by atoms with van der Waals surface area (Å²) in [5, 5.41) is 4.84. The summed E-state index contributed by atoms with van der Waals surface area (Å²) in [5.74, 6) is -0.458. The van der Waals surface area contributed by atoms with Crippen LogP contribution in [-0.2, 0) is 7.05 Å². The number of carbonyl (C=O) groups is 1. The summed E-state index contributed by atoms with van der Waals surface area (Å²) in [5.41, 5.74) is 2.03. The van der Waals surface area contributed by atoms with Crippen LogP contribution in [0.3, 0.4) is 0 Å². The molecule has 1 aliphatic rings. The van der Waals surface area contributed by atoms with Gasteiger partial charge < -0.3 is 9.32 Å². The molecule has 2 aromatic heterocycles. The van der Waals surface area contributed by atoms with Gasteiger partial charge in [-0.25, -0.2) is 4.39 Å². The maximum Gasteiger partial charge on any atom is 0.290 e. The van der Waals surface area contributed by atoms with Gasteiger partial charge in [-0.15, -0.1) is 0 Å². The Labute approximate surface area is 138 Å². The lowest BCUT2D eigenvalue weighted by molar-refractivity contribution is 0.0700. The largest absolute Gasteiger partial charge is 0.448 e. The minimum Gasteiger partial charge on any atom is -0.448 e. The Bertz CT molecular complexity index is 889. The molecular formula is C18H18FN3O2. The molecule has 1 amide bonds. The van der Waals surface area contributed by atoms with E-state index in [1.165, 1.54) is 6.07 Å². The first-order valence-corrected chi connectivity index (χ1v) is 8.04. The molecule has 5 nitrogen and oxygen atoms in total. The normalized spacial score (nSPS) is 17.8. The minimum atomic E-state index is -0.445. The summed E-state index contributed by atoms with van der Waals surface area (Å²) in [6.07, 6.45) is 3.55. The molecule has 1 aromatic carbocycles. The van der Waals surface area contributed by atoms with Crippen molar-refractivity contribution in [1.29, 1.82) is 0 Å². The molecule has 0 radical (unpaired) electrons. The molecular weight excluding hydrogens is 309 g/mol. The fourth-order valence-corrected chi connectivity index (χ4v) is 3.50. The van der Waals surface area contributed by atoms with Crippen molar-refractivity contribution in [3.05, 3.63) is 53.3 Å². The standard InChI is InChI=1S/C18H18FN3O2/c1-11-5-6-13(19)17-12(11)10-16(24-17)18(23)22-9-3-4-15(22)14-7-8-20-21(14)2/h5-8,10,15H,3-4,9H2,1-2H3. The number of aryl methyl sites for hydroxylation is 2. The van der Waals surface area contributed by atoms with E-state index in [9.17, 15) is 9.18 Å². The van der Waals surface area contributed by atoms with Gasteiger partial charge in [-0.2, -0.15) is 5.10 Å². The summed E-state index contributed by atoms with van der Waals surface area (Å²) >= 11 is 0. The summed E-state index contributed by atoms with van der Waals surface area (Å²) in [7, 11) is 1.87. The molecule has 1 fully saturated rings. The van der Waals surface area contributed by atoms with Gasteiger partial charge in [-0.3, -0.25) is 9.48 Å². The molecule has 0 saturated carbocycles. The molecule has 3 heterocycles. The van der Waals surface area contributed by atoms with E-state index >= 15 is 0 Å². The highest BCUT2D eigenvalue weighted by atomic mass is 19.1. The molecule has 124 valence electrons. The van der Waals surface area contributed by atoms with Crippen molar-refractivity contribution in [2.24, 2.45) is 7.05 Å². The molecule has 4 rings (SSSR count). The summed E-state index contributed by atoms with van der Waals surface area (Å²) in [6, 6.07) is 6.61. The molecule has 6 heteroatoms. The van der Waals surface area contributed by atoms with Crippen LogP contribution in [0.5, 0.6) is 0 Å². The van der Waals surface area contributed by atoms with Gasteiger partial charge >= 0.3 is 0 Å². The number of amides is 1. The molecule has 1 unspecified atom stereocenters. The van der Waals surface area contributed by atoms with E-state index in [0.29, 0.717) is 11.9 Å². The number of benzene rings is 1. The predicted molar refractivity (Wildman–Crippen MR) is 87.1 cm³/mol. The van der Waals surface area contributed by atoms with E-state index in [1.54, 1.807) is 27.9 Å². The van der Waals surface area contributed by atoms with Crippen molar-refractivity contribution < 1.29 is 13.6 Å². The number of aromatic nitrogens is 2. The van der Waals surface area contributed by atoms with Crippen LogP contribution in [0.4, 0.5) is 4.39 Å². The lowest BCUT2D eigenvalue weighted by Gasteiger charge is -2.23. The topological polar surface area (TPSA) is 51.3 Å². The zero-order chi connectivity index (χ0) is 16.8. The second kappa shape index (κ2) is 5.47. The monoisotopic (exact) mass is 327 g/mol. The van der Waals surface area contributed by atoms with Crippen LogP contribution in [0.25, 0.3) is 11.0 Å². The molecule has 0 bridgehead atoms. The second-order valence-corrected chi connectivity index (χ2v) is 6.25. The van der Waals surface area contributed by atoms with E-state index in [4.69, 9.17) is 4.42 Å². The van der Waals surface area contributed by atoms with E-state index in [0.717, 1.165) is 24.1 Å². The Kier molecular flexibility index (Phi) is 3.40. The molecule has 1 aliphatic heterocycles. The average molecular weight is 327 g/mol. The van der Waals surface area contributed by atoms with Gasteiger partial charge in [0.05, 0.1) is 11.7 Å². The third-order valence-corrected chi connectivity index (χ3v) is 4.78. The maximum absolute atomic E-state index is 13.9. The minimum absolute atomic E-state index is 0.0239. The number of likely N-dealkylation sites (tertiary alicyclic amines) is 1. The van der Waals surface area contributed by atoms with Gasteiger partial charge in [0.25, 0.3) is 5.91 Å². The Hall–Kier alpha value is -2.63. The van der Waals surface area contributed by atoms with Crippen LogP contribution >= 0.6 is 0 Å². The molecule has 0 spiro atoms. The number of furan rings is 1. The molecule has 3 aromatic rings. The lowest BCUT2D eigenvalue weighted by Crippen LogP contribution is -2.31. The zero-order valence-electron chi connectivity index (χ0n) is 13.6. The first-order chi connectivity index (χ1) is 11.6. The smallest absolute Gasteiger partial charge is 0.290 e. The van der Waals surface area contributed by atoms with Gasteiger partial charge in [-0.05, 0) is 43.5 Å². The van der Waals surface area contributed by atoms with E-state index in [1.807, 2.05) is 20.0 Å². The summed E-state index contributed by atoms with van der Waals surface area (Å²) in [6.45, 7) is 2.53. The number of fused-ring (bicyclic) bond motifs is 1. The number of carbonyl (C=O) groups excluding carboxylic acids is 1. The van der Waals surface area contributed by atoms with Gasteiger partial charge in [0, 0.05) is 25.2 Å². The highest BCUT2D eigenvalue weighted by Crippen LogP contribution is 2.34. The third kappa shape index (κ3) is 2.21. The zero-order valence-corrected chi connectivity index (χ0v) is 13.6. The van der Waals surface area contributed by atoms with E-state index in [-0.39, 0.29) is 23.3 Å². The van der Waals surface area contributed by atoms with Crippen molar-refractivity contribution in [3.63, 3.8) is 0 Å². The van der Waals surface area contributed by atoms with Crippen LogP contribution in [0.1, 0.15) is 40.7 Å². The Morgan fingerprint density at radius 1 is 1.38 bits per heavy atom. The Morgan fingerprint density at radius 3 is 2.92 bits per heavy atom. The lowest BCUT2D eigenvalue weighted by atomic mass is 10.1. The van der Waals surface area contributed by atoms with Crippen molar-refractivity contribution >= 4 is 16.9 Å². The van der Waals surface area contributed by atoms with Crippen molar-refractivity contribution in [1.82, 2.24) is 14.7 Å². The highest BCUT2D eigenvalue weighted by Gasteiger charge is 2.34. The molecule has 1 atom stereocenters. The fourth-order valence-electron chi connectivity index (χ4n) is 3.50. The fraction of sp³-hybridized carbons (Fsp3) is 0.333. The number of hydrogen-bond acceptors (Lipinski definition) is 3. The first kappa shape index (κ1) is 14.9. The second-order valence-electron chi connectivity index (χ2n) is 6.25. The molecule has 0 N–H and O–H groups in total. The summed E-state index contributed by atoms with van der Waals surface area (Å²) < 4.78 is 21.3. The van der Waals surface area contributed by atoms with Crippen molar-refractivity contribution in [2.75, 3.05) is 6.54 Å². The Balaban J connectivity index is 1.72. The average Bonchev–Trinajstić information content (AvgIpc) is 3.28. The van der Waals surface area contributed by atoms with E-state index < -0.39 is 5.82 Å². The van der Waals surface area contributed by atoms with Gasteiger partial charge in [0.2, 0.25) is 0 Å². The number of rotatable bonds is 2. The molecule has 1 saturated heterocycles. The predicted octanol–water partition coefficient (Wildman–Crippen LogP) is 3.59. The Morgan fingerprint density at radius 2 is 2.21 bits per heavy atom. The SMILES string of the molecule is Cc1ccc(F)c2oc(C(=O)N3CCCC3c3ccnn3C)cc12. The van der Waals surface area contributed by atoms with Crippen LogP contribution in [0, 0.1) is 12.7 Å². The number of nitrogens with zero attached hydrogens (tertiary/aromatic N) is 3. The third-order valence-electron chi connectivity index (χ3n) is 4.78. The van der Waals surface area contributed by atoms with Crippen molar-refractivity contribution in [2.45, 2.75) is 25.8 Å². The van der Waals surface area contributed by atoms with Crippen LogP contribution < -0.4 is 0 Å². The first-order valence-electron chi connectivity index (χ1n) is 8.04. The molecule has 24 heavy (non-hydrogen) atoms. The van der Waals surface area contributed by atoms with E-state index in [2.05, 4.69) is 5.10 Å². The van der Waals surface area contributed by atoms with Crippen molar-refractivity contribution in [3.8, 4) is 0 Å². The highest BCUT2D eigenvalue weighted by molar-refractivity contribution is 5.97. The summed E-state index contributed by atoms with van der Waals surface area (Å²) in [4.78, 5) is 14.7. The van der Waals surface area contributed by atoms with Crippen LogP contribution in [-0.4, -0.2) is 27.1 Å². The molecule has 0 aliphatic carbocycles. The van der Waals surface area contributed by atoms with Crippen LogP contribution in [0.2, 0.25) is 0 Å². The van der Waals surface area contributed by atoms with Gasteiger partial charge in [0.15, 0.2) is 17.2 Å². The van der Waals surface area contributed by atoms with Crippen LogP contribution in [0.15, 0.2) is 34.9 Å². The quantitative estimate of drug-likeness (QED) is 0.723. The number of hydrogen-bond donors (Lipinski definition) is 0. The number of halogens is 1. The van der Waals surface area contributed by atoms with Gasteiger partial charge in [0.1, 0.15) is 0 Å². The van der Waals surface area contributed by atoms with Gasteiger partial charge in [-0.1, -0.05) is 6.07 Å². The maximum atomic E-state index is 13.9.